The Kier molecular flexibility index (Phi) is 10.3. The first kappa shape index (κ1) is 32.9. The van der Waals surface area contributed by atoms with Gasteiger partial charge in [0.2, 0.25) is 11.1 Å². The first-order valence-electron chi connectivity index (χ1n) is 15.6. The third kappa shape index (κ3) is 7.33. The molecule has 2 N–H and O–H groups in total. The number of allylic oxidation sites excluding steroid dienone is 1. The van der Waals surface area contributed by atoms with Crippen LogP contribution in [-0.4, -0.2) is 40.1 Å². The fourth-order valence-electron chi connectivity index (χ4n) is 5.26. The number of amides is 1. The Labute approximate surface area is 275 Å². The largest absolute Gasteiger partial charge is 0.493 e. The molecule has 1 unspecified atom stereocenters. The molecule has 5 rings (SSSR count). The Hall–Kier alpha value is -4.44. The van der Waals surface area contributed by atoms with Crippen LogP contribution < -0.4 is 24.8 Å². The maximum absolute atomic E-state index is 14.1. The van der Waals surface area contributed by atoms with Crippen molar-refractivity contribution in [2.45, 2.75) is 71.2 Å². The molecule has 1 amide bonds. The highest BCUT2D eigenvalue weighted by atomic mass is 32.2. The van der Waals surface area contributed by atoms with E-state index in [4.69, 9.17) is 24.3 Å². The van der Waals surface area contributed by atoms with Gasteiger partial charge >= 0.3 is 0 Å². The zero-order valence-electron chi connectivity index (χ0n) is 27.6. The number of hydrogen-bond acceptors (Lipinski definition) is 8. The summed E-state index contributed by atoms with van der Waals surface area (Å²) in [5.41, 5.74) is 5.00. The van der Waals surface area contributed by atoms with Crippen LogP contribution in [0.25, 0.3) is 0 Å². The maximum atomic E-state index is 14.1. The van der Waals surface area contributed by atoms with Crippen molar-refractivity contribution >= 4 is 29.3 Å². The molecule has 0 saturated carbocycles. The van der Waals surface area contributed by atoms with E-state index in [1.807, 2.05) is 56.3 Å². The highest BCUT2D eigenvalue weighted by Crippen LogP contribution is 2.40. The van der Waals surface area contributed by atoms with Gasteiger partial charge in [-0.2, -0.15) is 4.98 Å². The zero-order chi connectivity index (χ0) is 32.8. The van der Waals surface area contributed by atoms with Crippen molar-refractivity contribution in [1.29, 1.82) is 0 Å². The molecule has 0 fully saturated rings. The summed E-state index contributed by atoms with van der Waals surface area (Å²) in [6, 6.07) is 21.1. The summed E-state index contributed by atoms with van der Waals surface area (Å²) in [4.78, 5) is 18.8. The van der Waals surface area contributed by atoms with Gasteiger partial charge in [-0.3, -0.25) is 4.79 Å². The summed E-state index contributed by atoms with van der Waals surface area (Å²) in [7, 11) is 1.62. The third-order valence-corrected chi connectivity index (χ3v) is 8.71. The molecule has 3 aromatic carbocycles. The number of anilines is 2. The quantitative estimate of drug-likeness (QED) is 0.150. The second kappa shape index (κ2) is 14.3. The van der Waals surface area contributed by atoms with Crippen LogP contribution in [0.15, 0.2) is 83.2 Å². The number of thioether (sulfide) groups is 1. The number of nitrogens with zero attached hydrogens (tertiary/aromatic N) is 3. The van der Waals surface area contributed by atoms with Crippen molar-refractivity contribution in [3.63, 3.8) is 0 Å². The van der Waals surface area contributed by atoms with Crippen LogP contribution in [0.2, 0.25) is 0 Å². The van der Waals surface area contributed by atoms with Gasteiger partial charge in [-0.15, -0.1) is 5.10 Å². The molecule has 0 radical (unpaired) electrons. The SMILES string of the molecule is CCCSc1nc2n(n1)C(c1ccc(OCc3ccc(C(C)(C)C)cc3)c(OC)c1)C(C(=O)Nc1ccccc1OCC)=C(C)N2. The van der Waals surface area contributed by atoms with E-state index in [0.717, 1.165) is 23.3 Å². The van der Waals surface area contributed by atoms with Crippen molar-refractivity contribution in [2.75, 3.05) is 30.1 Å². The van der Waals surface area contributed by atoms with Crippen LogP contribution in [0, 0.1) is 0 Å². The number of rotatable bonds is 12. The van der Waals surface area contributed by atoms with E-state index in [1.54, 1.807) is 23.6 Å². The molecule has 10 heteroatoms. The lowest BCUT2D eigenvalue weighted by Gasteiger charge is -2.29. The molecule has 2 heterocycles. The van der Waals surface area contributed by atoms with Crippen molar-refractivity contribution in [1.82, 2.24) is 14.8 Å². The number of fused-ring (bicyclic) bond motifs is 1. The van der Waals surface area contributed by atoms with E-state index in [2.05, 4.69) is 62.6 Å². The Morgan fingerprint density at radius 3 is 2.46 bits per heavy atom. The minimum Gasteiger partial charge on any atom is -0.493 e. The van der Waals surface area contributed by atoms with Gasteiger partial charge < -0.3 is 24.8 Å². The van der Waals surface area contributed by atoms with E-state index in [0.29, 0.717) is 58.5 Å². The molecule has 1 atom stereocenters. The second-order valence-electron chi connectivity index (χ2n) is 12.1. The first-order valence-corrected chi connectivity index (χ1v) is 16.6. The number of methoxy groups -OCH3 is 1. The van der Waals surface area contributed by atoms with Gasteiger partial charge in [0.1, 0.15) is 18.4 Å². The topological polar surface area (TPSA) is 99.5 Å². The molecule has 46 heavy (non-hydrogen) atoms. The minimum absolute atomic E-state index is 0.0850. The van der Waals surface area contributed by atoms with E-state index >= 15 is 0 Å². The number of ether oxygens (including phenoxy) is 3. The number of nitrogens with one attached hydrogen (secondary N) is 2. The molecular formula is C36H43N5O4S. The fraction of sp³-hybridized carbons (Fsp3) is 0.361. The number of carbonyl (C=O) groups is 1. The van der Waals surface area contributed by atoms with Crippen LogP contribution in [0.3, 0.4) is 0 Å². The lowest BCUT2D eigenvalue weighted by molar-refractivity contribution is -0.113. The van der Waals surface area contributed by atoms with E-state index in [1.165, 1.54) is 5.56 Å². The minimum atomic E-state index is -0.577. The number of carbonyl (C=O) groups excluding carboxylic acids is 1. The van der Waals surface area contributed by atoms with Gasteiger partial charge in [0.05, 0.1) is 25.0 Å². The molecule has 242 valence electrons. The van der Waals surface area contributed by atoms with Gasteiger partial charge in [-0.1, -0.05) is 81.9 Å². The molecule has 0 saturated heterocycles. The molecule has 0 bridgehead atoms. The van der Waals surface area contributed by atoms with Gasteiger partial charge in [-0.05, 0) is 66.6 Å². The summed E-state index contributed by atoms with van der Waals surface area (Å²) in [6.45, 7) is 13.4. The molecule has 1 aliphatic rings. The Morgan fingerprint density at radius 1 is 1.00 bits per heavy atom. The number of para-hydroxylation sites is 2. The summed E-state index contributed by atoms with van der Waals surface area (Å²) < 4.78 is 19.6. The maximum Gasteiger partial charge on any atom is 0.255 e. The fourth-order valence-corrected chi connectivity index (χ4v) is 5.95. The Balaban J connectivity index is 1.48. The van der Waals surface area contributed by atoms with Crippen LogP contribution in [0.4, 0.5) is 11.6 Å². The predicted octanol–water partition coefficient (Wildman–Crippen LogP) is 7.99. The average molecular weight is 642 g/mol. The van der Waals surface area contributed by atoms with Gasteiger partial charge in [0.15, 0.2) is 11.5 Å². The normalized spacial score (nSPS) is 14.4. The van der Waals surface area contributed by atoms with Crippen LogP contribution >= 0.6 is 11.8 Å². The second-order valence-corrected chi connectivity index (χ2v) is 13.2. The van der Waals surface area contributed by atoms with E-state index < -0.39 is 6.04 Å². The Morgan fingerprint density at radius 2 is 1.76 bits per heavy atom. The lowest BCUT2D eigenvalue weighted by Crippen LogP contribution is -2.31. The number of hydrogen-bond donors (Lipinski definition) is 2. The highest BCUT2D eigenvalue weighted by molar-refractivity contribution is 7.99. The standard InChI is InChI=1S/C36H43N5O4S/c1-8-20-46-35-39-34-37-23(3)31(33(42)38-27-12-10-11-13-28(27)44-9-2)32(41(34)40-35)25-16-19-29(30(21-25)43-7)45-22-24-14-17-26(18-15-24)36(4,5)6/h10-19,21,32H,8-9,20,22H2,1-7H3,(H,38,42)(H,37,39,40). The number of aromatic nitrogens is 3. The van der Waals surface area contributed by atoms with Crippen LogP contribution in [0.1, 0.15) is 70.7 Å². The summed E-state index contributed by atoms with van der Waals surface area (Å²) in [5.74, 6) is 2.96. The summed E-state index contributed by atoms with van der Waals surface area (Å²) >= 11 is 1.59. The van der Waals surface area contributed by atoms with Crippen molar-refractivity contribution in [3.05, 3.63) is 94.7 Å². The first-order chi connectivity index (χ1) is 22.1. The molecule has 9 nitrogen and oxygen atoms in total. The summed E-state index contributed by atoms with van der Waals surface area (Å²) in [5, 5.41) is 11.9. The third-order valence-electron chi connectivity index (χ3n) is 7.67. The van der Waals surface area contributed by atoms with Gasteiger partial charge in [0, 0.05) is 11.4 Å². The summed E-state index contributed by atoms with van der Waals surface area (Å²) in [6.07, 6.45) is 0.995. The zero-order valence-corrected chi connectivity index (χ0v) is 28.5. The van der Waals surface area contributed by atoms with E-state index in [9.17, 15) is 4.79 Å². The predicted molar refractivity (Wildman–Crippen MR) is 184 cm³/mol. The van der Waals surface area contributed by atoms with Crippen molar-refractivity contribution < 1.29 is 19.0 Å². The molecule has 1 aliphatic heterocycles. The van der Waals surface area contributed by atoms with Crippen LogP contribution in [-0.2, 0) is 16.8 Å². The smallest absolute Gasteiger partial charge is 0.255 e. The monoisotopic (exact) mass is 641 g/mol. The lowest BCUT2D eigenvalue weighted by atomic mass is 9.87. The molecule has 1 aromatic heterocycles. The number of benzene rings is 3. The van der Waals surface area contributed by atoms with Crippen molar-refractivity contribution in [3.8, 4) is 17.2 Å². The van der Waals surface area contributed by atoms with Crippen molar-refractivity contribution in [2.24, 2.45) is 0 Å². The molecule has 4 aromatic rings. The molecule has 0 aliphatic carbocycles. The Bertz CT molecular complexity index is 1710. The van der Waals surface area contributed by atoms with Crippen LogP contribution in [0.5, 0.6) is 17.2 Å². The molecule has 0 spiro atoms. The van der Waals surface area contributed by atoms with E-state index in [-0.39, 0.29) is 11.3 Å². The molecular weight excluding hydrogens is 598 g/mol. The highest BCUT2D eigenvalue weighted by Gasteiger charge is 2.35. The van der Waals surface area contributed by atoms with Gasteiger partial charge in [0.25, 0.3) is 5.91 Å². The average Bonchev–Trinajstić information content (AvgIpc) is 3.45. The van der Waals surface area contributed by atoms with Gasteiger partial charge in [-0.25, -0.2) is 4.68 Å².